The van der Waals surface area contributed by atoms with E-state index in [2.05, 4.69) is 0 Å². The third-order valence-electron chi connectivity index (χ3n) is 2.80. The Balaban J connectivity index is 3.45. The SMILES string of the molecule is CC1C(C(F)(F)F)=CC(S(C)(=O)=O)=CC1C(F)(F)F. The Morgan fingerprint density at radius 1 is 1.11 bits per heavy atom. The summed E-state index contributed by atoms with van der Waals surface area (Å²) in [6.45, 7) is 0.771. The number of halogens is 6. The fraction of sp³-hybridized carbons (Fsp3) is 0.600. The Morgan fingerprint density at radius 2 is 1.58 bits per heavy atom. The minimum absolute atomic E-state index is 0.266. The van der Waals surface area contributed by atoms with Gasteiger partial charge in [-0.2, -0.15) is 26.3 Å². The van der Waals surface area contributed by atoms with Crippen molar-refractivity contribution in [3.8, 4) is 0 Å². The summed E-state index contributed by atoms with van der Waals surface area (Å²) in [5, 5.41) is 0. The minimum Gasteiger partial charge on any atom is -0.224 e. The molecule has 2 unspecified atom stereocenters. The molecule has 0 amide bonds. The van der Waals surface area contributed by atoms with Gasteiger partial charge in [0, 0.05) is 17.7 Å². The number of alkyl halides is 6. The third kappa shape index (κ3) is 3.52. The van der Waals surface area contributed by atoms with Crippen molar-refractivity contribution in [1.82, 2.24) is 0 Å². The number of sulfone groups is 1. The van der Waals surface area contributed by atoms with Crippen LogP contribution in [0.4, 0.5) is 26.3 Å². The molecule has 1 rings (SSSR count). The lowest BCUT2D eigenvalue weighted by atomic mass is 9.82. The Kier molecular flexibility index (Phi) is 3.83. The zero-order valence-corrected chi connectivity index (χ0v) is 10.6. The van der Waals surface area contributed by atoms with Crippen molar-refractivity contribution in [3.05, 3.63) is 22.6 Å². The topological polar surface area (TPSA) is 34.1 Å². The number of hydrogen-bond acceptors (Lipinski definition) is 2. The molecule has 19 heavy (non-hydrogen) atoms. The summed E-state index contributed by atoms with van der Waals surface area (Å²) in [6.07, 6.45) is -8.79. The highest BCUT2D eigenvalue weighted by molar-refractivity contribution is 7.94. The highest BCUT2D eigenvalue weighted by Gasteiger charge is 2.50. The van der Waals surface area contributed by atoms with Crippen molar-refractivity contribution < 1.29 is 34.8 Å². The van der Waals surface area contributed by atoms with E-state index in [9.17, 15) is 34.8 Å². The van der Waals surface area contributed by atoms with E-state index in [0.717, 1.165) is 6.92 Å². The molecule has 1 aliphatic carbocycles. The van der Waals surface area contributed by atoms with Crippen LogP contribution in [0.3, 0.4) is 0 Å². The minimum atomic E-state index is -5.01. The fourth-order valence-electron chi connectivity index (χ4n) is 1.80. The van der Waals surface area contributed by atoms with Gasteiger partial charge in [0.2, 0.25) is 0 Å². The molecule has 2 atom stereocenters. The van der Waals surface area contributed by atoms with Gasteiger partial charge in [-0.25, -0.2) is 8.42 Å². The van der Waals surface area contributed by atoms with Crippen LogP contribution in [-0.4, -0.2) is 27.0 Å². The first-order valence-corrected chi connectivity index (χ1v) is 6.91. The van der Waals surface area contributed by atoms with E-state index in [0.29, 0.717) is 12.3 Å². The van der Waals surface area contributed by atoms with Crippen LogP contribution in [0.2, 0.25) is 0 Å². The molecule has 0 aromatic rings. The molecule has 0 fully saturated rings. The zero-order valence-electron chi connectivity index (χ0n) is 9.80. The molecule has 0 aromatic carbocycles. The van der Waals surface area contributed by atoms with Gasteiger partial charge in [0.05, 0.1) is 10.8 Å². The molecular weight excluding hydrogens is 298 g/mol. The average Bonchev–Trinajstić information content (AvgIpc) is 2.11. The highest BCUT2D eigenvalue weighted by Crippen LogP contribution is 2.45. The van der Waals surface area contributed by atoms with E-state index in [1.807, 2.05) is 0 Å². The average molecular weight is 308 g/mol. The third-order valence-corrected chi connectivity index (χ3v) is 3.91. The molecule has 0 bridgehead atoms. The summed E-state index contributed by atoms with van der Waals surface area (Å²) >= 11 is 0. The number of rotatable bonds is 1. The first kappa shape index (κ1) is 16.1. The second kappa shape index (κ2) is 4.53. The van der Waals surface area contributed by atoms with Gasteiger partial charge in [-0.05, 0) is 6.08 Å². The van der Waals surface area contributed by atoms with Crippen LogP contribution in [0.15, 0.2) is 22.6 Å². The molecule has 0 heterocycles. The molecule has 2 nitrogen and oxygen atoms in total. The van der Waals surface area contributed by atoms with Crippen LogP contribution in [-0.2, 0) is 9.84 Å². The molecule has 0 saturated carbocycles. The lowest BCUT2D eigenvalue weighted by molar-refractivity contribution is -0.177. The highest BCUT2D eigenvalue weighted by atomic mass is 32.2. The lowest BCUT2D eigenvalue weighted by Crippen LogP contribution is -2.35. The van der Waals surface area contributed by atoms with Gasteiger partial charge < -0.3 is 0 Å². The van der Waals surface area contributed by atoms with E-state index < -0.39 is 44.5 Å². The molecule has 0 spiro atoms. The quantitative estimate of drug-likeness (QED) is 0.697. The van der Waals surface area contributed by atoms with Crippen LogP contribution in [0.25, 0.3) is 0 Å². The molecule has 0 aromatic heterocycles. The maximum Gasteiger partial charge on any atom is 0.413 e. The van der Waals surface area contributed by atoms with Gasteiger partial charge in [-0.1, -0.05) is 13.0 Å². The first-order chi connectivity index (χ1) is 8.24. The van der Waals surface area contributed by atoms with Crippen molar-refractivity contribution in [3.63, 3.8) is 0 Å². The Morgan fingerprint density at radius 3 is 1.89 bits per heavy atom. The maximum atomic E-state index is 12.7. The Bertz CT molecular complexity index is 523. The summed E-state index contributed by atoms with van der Waals surface area (Å²) in [5.74, 6) is -4.36. The lowest BCUT2D eigenvalue weighted by Gasteiger charge is -2.30. The van der Waals surface area contributed by atoms with E-state index in [1.165, 1.54) is 0 Å². The smallest absolute Gasteiger partial charge is 0.224 e. The molecule has 9 heteroatoms. The summed E-state index contributed by atoms with van der Waals surface area (Å²) in [7, 11) is -4.15. The number of hydrogen-bond donors (Lipinski definition) is 0. The molecular formula is C10H10F6O2S. The summed E-state index contributed by atoms with van der Waals surface area (Å²) in [5.41, 5.74) is -1.49. The predicted molar refractivity (Wildman–Crippen MR) is 55.8 cm³/mol. The van der Waals surface area contributed by atoms with Crippen LogP contribution in [0, 0.1) is 11.8 Å². The van der Waals surface area contributed by atoms with Crippen molar-refractivity contribution in [2.24, 2.45) is 11.8 Å². The molecule has 0 N–H and O–H groups in total. The largest absolute Gasteiger partial charge is 0.413 e. The van der Waals surface area contributed by atoms with Crippen molar-refractivity contribution in [2.75, 3.05) is 6.26 Å². The van der Waals surface area contributed by atoms with Crippen LogP contribution in [0.1, 0.15) is 6.92 Å². The molecule has 1 aliphatic rings. The van der Waals surface area contributed by atoms with Gasteiger partial charge in [0.15, 0.2) is 9.84 Å². The van der Waals surface area contributed by atoms with Crippen LogP contribution < -0.4 is 0 Å². The predicted octanol–water partition coefficient (Wildman–Crippen LogP) is 3.23. The second-order valence-electron chi connectivity index (χ2n) is 4.29. The van der Waals surface area contributed by atoms with E-state index in [4.69, 9.17) is 0 Å². The van der Waals surface area contributed by atoms with Crippen molar-refractivity contribution in [1.29, 1.82) is 0 Å². The van der Waals surface area contributed by atoms with Gasteiger partial charge in [0.1, 0.15) is 0 Å². The van der Waals surface area contributed by atoms with Crippen molar-refractivity contribution >= 4 is 9.84 Å². The first-order valence-electron chi connectivity index (χ1n) is 5.02. The van der Waals surface area contributed by atoms with Crippen molar-refractivity contribution in [2.45, 2.75) is 19.3 Å². The summed E-state index contributed by atoms with van der Waals surface area (Å²) in [6, 6.07) is 0. The maximum absolute atomic E-state index is 12.7. The molecule has 0 aliphatic heterocycles. The zero-order chi connectivity index (χ0) is 15.2. The van der Waals surface area contributed by atoms with E-state index >= 15 is 0 Å². The van der Waals surface area contributed by atoms with Crippen LogP contribution >= 0.6 is 0 Å². The van der Waals surface area contributed by atoms with Gasteiger partial charge in [-0.15, -0.1) is 0 Å². The van der Waals surface area contributed by atoms with Gasteiger partial charge in [0.25, 0.3) is 0 Å². The van der Waals surface area contributed by atoms with Gasteiger partial charge in [-0.3, -0.25) is 0 Å². The molecule has 0 saturated heterocycles. The summed E-state index contributed by atoms with van der Waals surface area (Å²) in [4.78, 5) is -0.958. The van der Waals surface area contributed by atoms with Crippen LogP contribution in [0.5, 0.6) is 0 Å². The van der Waals surface area contributed by atoms with Gasteiger partial charge >= 0.3 is 12.4 Å². The second-order valence-corrected chi connectivity index (χ2v) is 6.31. The van der Waals surface area contributed by atoms with E-state index in [-0.39, 0.29) is 6.08 Å². The van der Waals surface area contributed by atoms with E-state index in [1.54, 1.807) is 0 Å². The monoisotopic (exact) mass is 308 g/mol. The summed E-state index contributed by atoms with van der Waals surface area (Å²) < 4.78 is 98.4. The molecule has 110 valence electrons. The Labute approximate surface area is 105 Å². The standard InChI is InChI=1S/C10H10F6O2S/c1-5-7(9(11,12)13)3-6(19(2,17)18)4-8(5)10(14,15)16/h3-5,7H,1-2H3. The molecule has 0 radical (unpaired) electrons. The normalized spacial score (nSPS) is 25.9. The Hall–Kier alpha value is -0.990. The number of allylic oxidation sites excluding steroid dienone is 3. The fourth-order valence-corrected chi connectivity index (χ4v) is 2.53.